The van der Waals surface area contributed by atoms with Gasteiger partial charge in [0.25, 0.3) is 5.91 Å². The van der Waals surface area contributed by atoms with Gasteiger partial charge in [0.2, 0.25) is 5.13 Å². The van der Waals surface area contributed by atoms with Crippen molar-refractivity contribution < 1.29 is 23.1 Å². The summed E-state index contributed by atoms with van der Waals surface area (Å²) in [7, 11) is 0. The first-order valence-electron chi connectivity index (χ1n) is 6.38. The Labute approximate surface area is 138 Å². The molecule has 1 aromatic heterocycles. The van der Waals surface area contributed by atoms with Crippen LogP contribution in [0.4, 0.5) is 13.9 Å². The van der Waals surface area contributed by atoms with Crippen molar-refractivity contribution in [3.05, 3.63) is 35.4 Å². The topological polar surface area (TPSA) is 81.2 Å². The number of benzene rings is 1. The van der Waals surface area contributed by atoms with Crippen molar-refractivity contribution in [1.82, 2.24) is 10.2 Å². The number of carbonyl (C=O) groups excluding carboxylic acids is 2. The van der Waals surface area contributed by atoms with Crippen LogP contribution >= 0.6 is 23.1 Å². The van der Waals surface area contributed by atoms with Gasteiger partial charge in [-0.05, 0) is 25.1 Å². The summed E-state index contributed by atoms with van der Waals surface area (Å²) in [6.07, 6.45) is 0. The van der Waals surface area contributed by atoms with Crippen molar-refractivity contribution in [2.24, 2.45) is 0 Å². The molecule has 2 aromatic rings. The molecule has 0 atom stereocenters. The van der Waals surface area contributed by atoms with Crippen LogP contribution in [0.5, 0.6) is 0 Å². The number of esters is 1. The summed E-state index contributed by atoms with van der Waals surface area (Å²) in [5.41, 5.74) is -0.430. The number of anilines is 1. The quantitative estimate of drug-likeness (QED) is 0.485. The fraction of sp³-hybridized carbons (Fsp3) is 0.231. The minimum absolute atomic E-state index is 0.0644. The standard InChI is InChI=1S/C13H11F2N3O3S2/c1-2-21-10(19)6-22-13-18-17-12(23-13)16-11(20)8-5-7(14)3-4-9(8)15/h3-5H,2,6H2,1H3,(H,16,17,20). The molecule has 0 aliphatic rings. The summed E-state index contributed by atoms with van der Waals surface area (Å²) in [6.45, 7) is 1.99. The van der Waals surface area contributed by atoms with Crippen LogP contribution < -0.4 is 5.32 Å². The average Bonchev–Trinajstić information content (AvgIpc) is 2.95. The number of carbonyl (C=O) groups is 2. The third kappa shape index (κ3) is 4.96. The Bertz CT molecular complexity index is 724. The molecule has 1 heterocycles. The van der Waals surface area contributed by atoms with Crippen LogP contribution in [-0.2, 0) is 9.53 Å². The first-order chi connectivity index (χ1) is 11.0. The molecule has 0 radical (unpaired) electrons. The molecule has 1 aromatic carbocycles. The predicted octanol–water partition coefficient (Wildman–Crippen LogP) is 2.72. The Morgan fingerprint density at radius 3 is 2.87 bits per heavy atom. The minimum atomic E-state index is -0.842. The largest absolute Gasteiger partial charge is 0.465 e. The van der Waals surface area contributed by atoms with Gasteiger partial charge in [-0.1, -0.05) is 23.1 Å². The van der Waals surface area contributed by atoms with Crippen LogP contribution in [0.25, 0.3) is 0 Å². The van der Waals surface area contributed by atoms with E-state index >= 15 is 0 Å². The van der Waals surface area contributed by atoms with Crippen molar-refractivity contribution in [2.45, 2.75) is 11.3 Å². The third-order valence-corrected chi connectivity index (χ3v) is 4.36. The van der Waals surface area contributed by atoms with E-state index in [-0.39, 0.29) is 23.5 Å². The van der Waals surface area contributed by atoms with Gasteiger partial charge < -0.3 is 4.74 Å². The molecule has 2 rings (SSSR count). The van der Waals surface area contributed by atoms with Crippen molar-refractivity contribution in [3.8, 4) is 0 Å². The molecule has 0 spiro atoms. The van der Waals surface area contributed by atoms with Crippen LogP contribution in [0.1, 0.15) is 17.3 Å². The molecule has 0 fully saturated rings. The molecule has 23 heavy (non-hydrogen) atoms. The fourth-order valence-electron chi connectivity index (χ4n) is 1.48. The molecule has 10 heteroatoms. The van der Waals surface area contributed by atoms with Crippen molar-refractivity contribution in [1.29, 1.82) is 0 Å². The summed E-state index contributed by atoms with van der Waals surface area (Å²) < 4.78 is 31.8. The molecule has 1 amide bonds. The van der Waals surface area contributed by atoms with Gasteiger partial charge in [0, 0.05) is 0 Å². The lowest BCUT2D eigenvalue weighted by Gasteiger charge is -2.02. The van der Waals surface area contributed by atoms with E-state index in [0.29, 0.717) is 4.34 Å². The maximum atomic E-state index is 13.5. The lowest BCUT2D eigenvalue weighted by Crippen LogP contribution is -2.13. The second kappa shape index (κ2) is 7.97. The summed E-state index contributed by atoms with van der Waals surface area (Å²) in [5, 5.41) is 9.93. The van der Waals surface area contributed by atoms with E-state index < -0.39 is 23.1 Å². The maximum Gasteiger partial charge on any atom is 0.316 e. The second-order valence-electron chi connectivity index (χ2n) is 4.05. The second-order valence-corrected chi connectivity index (χ2v) is 6.25. The Hall–Kier alpha value is -2.07. The highest BCUT2D eigenvalue weighted by molar-refractivity contribution is 8.01. The lowest BCUT2D eigenvalue weighted by molar-refractivity contribution is -0.139. The van der Waals surface area contributed by atoms with E-state index in [9.17, 15) is 18.4 Å². The molecular weight excluding hydrogens is 348 g/mol. The average molecular weight is 359 g/mol. The van der Waals surface area contributed by atoms with E-state index in [0.717, 1.165) is 41.3 Å². The van der Waals surface area contributed by atoms with E-state index in [1.165, 1.54) is 0 Å². The highest BCUT2D eigenvalue weighted by atomic mass is 32.2. The number of hydrogen-bond acceptors (Lipinski definition) is 7. The minimum Gasteiger partial charge on any atom is -0.465 e. The maximum absolute atomic E-state index is 13.5. The predicted molar refractivity (Wildman–Crippen MR) is 81.6 cm³/mol. The van der Waals surface area contributed by atoms with Crippen molar-refractivity contribution in [3.63, 3.8) is 0 Å². The number of amides is 1. The Balaban J connectivity index is 1.97. The van der Waals surface area contributed by atoms with Crippen LogP contribution in [0, 0.1) is 11.6 Å². The van der Waals surface area contributed by atoms with Gasteiger partial charge in [0.1, 0.15) is 11.6 Å². The summed E-state index contributed by atoms with van der Waals surface area (Å²) in [5.74, 6) is -2.72. The first kappa shape index (κ1) is 17.3. The van der Waals surface area contributed by atoms with Gasteiger partial charge in [0.15, 0.2) is 4.34 Å². The third-order valence-electron chi connectivity index (χ3n) is 2.42. The number of ether oxygens (including phenoxy) is 1. The molecule has 1 N–H and O–H groups in total. The smallest absolute Gasteiger partial charge is 0.316 e. The van der Waals surface area contributed by atoms with Gasteiger partial charge in [-0.2, -0.15) is 0 Å². The Kier molecular flexibility index (Phi) is 5.99. The van der Waals surface area contributed by atoms with Crippen LogP contribution in [0.3, 0.4) is 0 Å². The van der Waals surface area contributed by atoms with E-state index in [1.807, 2.05) is 0 Å². The SMILES string of the molecule is CCOC(=O)CSc1nnc(NC(=O)c2cc(F)ccc2F)s1. The van der Waals surface area contributed by atoms with Gasteiger partial charge >= 0.3 is 5.97 Å². The fourth-order valence-corrected chi connectivity index (χ4v) is 3.02. The first-order valence-corrected chi connectivity index (χ1v) is 8.18. The molecule has 122 valence electrons. The van der Waals surface area contributed by atoms with Gasteiger partial charge in [-0.3, -0.25) is 14.9 Å². The number of nitrogens with zero attached hydrogens (tertiary/aromatic N) is 2. The molecule has 0 unspecified atom stereocenters. The molecule has 6 nitrogen and oxygen atoms in total. The Morgan fingerprint density at radius 1 is 1.35 bits per heavy atom. The molecule has 0 bridgehead atoms. The lowest BCUT2D eigenvalue weighted by atomic mass is 10.2. The molecule has 0 saturated heterocycles. The zero-order valence-corrected chi connectivity index (χ0v) is 13.5. The van der Waals surface area contributed by atoms with Gasteiger partial charge in [-0.25, -0.2) is 8.78 Å². The number of halogens is 2. The van der Waals surface area contributed by atoms with E-state index in [4.69, 9.17) is 4.74 Å². The summed E-state index contributed by atoms with van der Waals surface area (Å²) in [6, 6.07) is 2.58. The number of hydrogen-bond donors (Lipinski definition) is 1. The number of rotatable bonds is 6. The van der Waals surface area contributed by atoms with Gasteiger partial charge in [0.05, 0.1) is 17.9 Å². The number of aromatic nitrogens is 2. The summed E-state index contributed by atoms with van der Waals surface area (Å²) >= 11 is 2.11. The molecular formula is C13H11F2N3O3S2. The molecule has 0 aliphatic heterocycles. The van der Waals surface area contributed by atoms with E-state index in [2.05, 4.69) is 15.5 Å². The monoisotopic (exact) mass is 359 g/mol. The van der Waals surface area contributed by atoms with Crippen LogP contribution in [0.15, 0.2) is 22.5 Å². The van der Waals surface area contributed by atoms with Gasteiger partial charge in [-0.15, -0.1) is 10.2 Å². The zero-order chi connectivity index (χ0) is 16.8. The van der Waals surface area contributed by atoms with Crippen LogP contribution in [0.2, 0.25) is 0 Å². The number of thioether (sulfide) groups is 1. The summed E-state index contributed by atoms with van der Waals surface area (Å²) in [4.78, 5) is 23.1. The normalized spacial score (nSPS) is 10.4. The molecule has 0 aliphatic carbocycles. The Morgan fingerprint density at radius 2 is 2.13 bits per heavy atom. The highest BCUT2D eigenvalue weighted by Gasteiger charge is 2.16. The molecule has 0 saturated carbocycles. The van der Waals surface area contributed by atoms with Crippen molar-refractivity contribution >= 4 is 40.1 Å². The number of nitrogens with one attached hydrogen (secondary N) is 1. The zero-order valence-electron chi connectivity index (χ0n) is 11.8. The van der Waals surface area contributed by atoms with Crippen molar-refractivity contribution in [2.75, 3.05) is 17.7 Å². The van der Waals surface area contributed by atoms with E-state index in [1.54, 1.807) is 6.92 Å². The van der Waals surface area contributed by atoms with Crippen LogP contribution in [-0.4, -0.2) is 34.4 Å². The highest BCUT2D eigenvalue weighted by Crippen LogP contribution is 2.26.